The molecule has 0 unspecified atom stereocenters. The van der Waals surface area contributed by atoms with Gasteiger partial charge in [-0.3, -0.25) is 4.90 Å². The molecule has 0 radical (unpaired) electrons. The lowest BCUT2D eigenvalue weighted by molar-refractivity contribution is 0.191. The zero-order chi connectivity index (χ0) is 12.1. The molecule has 0 bridgehead atoms. The fourth-order valence-electron chi connectivity index (χ4n) is 2.17. The van der Waals surface area contributed by atoms with Gasteiger partial charge >= 0.3 is 0 Å². The molecule has 0 aliphatic carbocycles. The zero-order valence-electron chi connectivity index (χ0n) is 9.81. The number of rotatable bonds is 4. The minimum absolute atomic E-state index is 0.275. The van der Waals surface area contributed by atoms with E-state index in [1.807, 2.05) is 23.9 Å². The number of hydrogen-bond acceptors (Lipinski definition) is 3. The maximum Gasteiger partial charge on any atom is 0.0443 e. The van der Waals surface area contributed by atoms with Crippen LogP contribution >= 0.6 is 23.4 Å². The van der Waals surface area contributed by atoms with Crippen LogP contribution in [-0.4, -0.2) is 41.2 Å². The molecule has 1 aliphatic heterocycles. The van der Waals surface area contributed by atoms with Crippen molar-refractivity contribution in [1.29, 1.82) is 0 Å². The molecule has 1 aromatic rings. The van der Waals surface area contributed by atoms with Crippen LogP contribution in [0.15, 0.2) is 24.3 Å². The van der Waals surface area contributed by atoms with E-state index in [0.717, 1.165) is 30.3 Å². The molecule has 0 spiro atoms. The molecule has 1 fully saturated rings. The lowest BCUT2D eigenvalue weighted by Crippen LogP contribution is -2.37. The summed E-state index contributed by atoms with van der Waals surface area (Å²) in [4.78, 5) is 2.47. The van der Waals surface area contributed by atoms with Crippen LogP contribution in [-0.2, 0) is 0 Å². The molecule has 1 atom stereocenters. The third-order valence-corrected chi connectivity index (χ3v) is 4.37. The maximum atomic E-state index is 8.94. The van der Waals surface area contributed by atoms with E-state index in [1.54, 1.807) is 0 Å². The number of thioether (sulfide) groups is 1. The Labute approximate surface area is 112 Å². The van der Waals surface area contributed by atoms with E-state index < -0.39 is 0 Å². The smallest absolute Gasteiger partial charge is 0.0443 e. The van der Waals surface area contributed by atoms with Crippen molar-refractivity contribution in [1.82, 2.24) is 4.90 Å². The van der Waals surface area contributed by atoms with Crippen molar-refractivity contribution in [3.63, 3.8) is 0 Å². The second kappa shape index (κ2) is 6.64. The van der Waals surface area contributed by atoms with Crippen molar-refractivity contribution in [3.05, 3.63) is 34.9 Å². The minimum Gasteiger partial charge on any atom is -0.396 e. The summed E-state index contributed by atoms with van der Waals surface area (Å²) in [6.45, 7) is 2.36. The number of hydrogen-bond donors (Lipinski definition) is 1. The molecule has 2 rings (SSSR count). The summed E-state index contributed by atoms with van der Waals surface area (Å²) < 4.78 is 0. The van der Waals surface area contributed by atoms with Gasteiger partial charge in [0.05, 0.1) is 0 Å². The third-order valence-electron chi connectivity index (χ3n) is 3.10. The number of nitrogens with zero attached hydrogens (tertiary/aromatic N) is 1. The number of aliphatic hydroxyl groups excluding tert-OH is 1. The quantitative estimate of drug-likeness (QED) is 0.911. The van der Waals surface area contributed by atoms with E-state index in [2.05, 4.69) is 17.0 Å². The molecule has 0 saturated carbocycles. The summed E-state index contributed by atoms with van der Waals surface area (Å²) in [5.74, 6) is 2.32. The van der Waals surface area contributed by atoms with Gasteiger partial charge in [0, 0.05) is 42.3 Å². The summed E-state index contributed by atoms with van der Waals surface area (Å²) in [5.41, 5.74) is 1.33. The van der Waals surface area contributed by atoms with Gasteiger partial charge in [0.25, 0.3) is 0 Å². The first-order valence-corrected chi connectivity index (χ1v) is 7.52. The van der Waals surface area contributed by atoms with E-state index in [0.29, 0.717) is 6.04 Å². The maximum absolute atomic E-state index is 8.94. The highest BCUT2D eigenvalue weighted by molar-refractivity contribution is 7.99. The normalized spacial score (nSPS) is 21.6. The molecule has 94 valence electrons. The first-order chi connectivity index (χ1) is 8.31. The Bertz CT molecular complexity index is 344. The molecule has 2 nitrogen and oxygen atoms in total. The van der Waals surface area contributed by atoms with Crippen LogP contribution in [0.2, 0.25) is 5.02 Å². The van der Waals surface area contributed by atoms with Gasteiger partial charge in [-0.05, 0) is 24.1 Å². The van der Waals surface area contributed by atoms with Crippen LogP contribution in [0.25, 0.3) is 0 Å². The summed E-state index contributed by atoms with van der Waals surface area (Å²) in [5, 5.41) is 9.73. The monoisotopic (exact) mass is 271 g/mol. The summed E-state index contributed by atoms with van der Waals surface area (Å²) >= 11 is 7.92. The van der Waals surface area contributed by atoms with Gasteiger partial charge < -0.3 is 5.11 Å². The van der Waals surface area contributed by atoms with Crippen LogP contribution in [0.4, 0.5) is 0 Å². The summed E-state index contributed by atoms with van der Waals surface area (Å²) in [6.07, 6.45) is 0.856. The Morgan fingerprint density at radius 2 is 2.12 bits per heavy atom. The highest BCUT2D eigenvalue weighted by Crippen LogP contribution is 2.30. The van der Waals surface area contributed by atoms with Crippen LogP contribution in [0, 0.1) is 0 Å². The van der Waals surface area contributed by atoms with Crippen molar-refractivity contribution in [2.75, 3.05) is 31.2 Å². The van der Waals surface area contributed by atoms with Crippen LogP contribution in [0.1, 0.15) is 18.0 Å². The second-order valence-electron chi connectivity index (χ2n) is 4.26. The molecular formula is C13H18ClNOS. The molecule has 0 aromatic heterocycles. The Morgan fingerprint density at radius 3 is 2.82 bits per heavy atom. The third kappa shape index (κ3) is 3.62. The standard InChI is InChI=1S/C13H18ClNOS/c14-12-4-2-11(3-5-12)13-10-17-9-7-15(13)6-1-8-16/h2-5,13,16H,1,6-10H2/t13-/m1/s1. The molecule has 0 amide bonds. The molecular weight excluding hydrogens is 254 g/mol. The second-order valence-corrected chi connectivity index (χ2v) is 5.84. The molecule has 1 saturated heterocycles. The lowest BCUT2D eigenvalue weighted by atomic mass is 10.1. The van der Waals surface area contributed by atoms with Crippen molar-refractivity contribution in [3.8, 4) is 0 Å². The van der Waals surface area contributed by atoms with Gasteiger partial charge in [-0.25, -0.2) is 0 Å². The summed E-state index contributed by atoms with van der Waals surface area (Å²) in [7, 11) is 0. The topological polar surface area (TPSA) is 23.5 Å². The Morgan fingerprint density at radius 1 is 1.35 bits per heavy atom. The van der Waals surface area contributed by atoms with Gasteiger partial charge in [0.1, 0.15) is 0 Å². The molecule has 1 aromatic carbocycles. The molecule has 1 N–H and O–H groups in total. The first kappa shape index (κ1) is 13.2. The lowest BCUT2D eigenvalue weighted by Gasteiger charge is -2.35. The van der Waals surface area contributed by atoms with E-state index >= 15 is 0 Å². The Balaban J connectivity index is 2.07. The number of benzene rings is 1. The van der Waals surface area contributed by atoms with Gasteiger partial charge in [-0.15, -0.1) is 0 Å². The average Bonchev–Trinajstić information content (AvgIpc) is 2.38. The van der Waals surface area contributed by atoms with E-state index in [1.165, 1.54) is 11.3 Å². The van der Waals surface area contributed by atoms with Crippen molar-refractivity contribution in [2.45, 2.75) is 12.5 Å². The molecule has 1 heterocycles. The highest BCUT2D eigenvalue weighted by atomic mass is 35.5. The van der Waals surface area contributed by atoms with Gasteiger partial charge in [-0.2, -0.15) is 11.8 Å². The van der Waals surface area contributed by atoms with Crippen molar-refractivity contribution >= 4 is 23.4 Å². The van der Waals surface area contributed by atoms with Crippen LogP contribution < -0.4 is 0 Å². The van der Waals surface area contributed by atoms with Crippen LogP contribution in [0.5, 0.6) is 0 Å². The predicted molar refractivity (Wildman–Crippen MR) is 74.8 cm³/mol. The number of halogens is 1. The van der Waals surface area contributed by atoms with Crippen LogP contribution in [0.3, 0.4) is 0 Å². The largest absolute Gasteiger partial charge is 0.396 e. The number of aliphatic hydroxyl groups is 1. The Kier molecular flexibility index (Phi) is 5.16. The Hall–Kier alpha value is -0.220. The van der Waals surface area contributed by atoms with Gasteiger partial charge in [0.2, 0.25) is 0 Å². The van der Waals surface area contributed by atoms with E-state index in [4.69, 9.17) is 16.7 Å². The average molecular weight is 272 g/mol. The van der Waals surface area contributed by atoms with Gasteiger partial charge in [0.15, 0.2) is 0 Å². The zero-order valence-corrected chi connectivity index (χ0v) is 11.4. The predicted octanol–water partition coefficient (Wildman–Crippen LogP) is 2.81. The fraction of sp³-hybridized carbons (Fsp3) is 0.538. The fourth-order valence-corrected chi connectivity index (χ4v) is 3.45. The highest BCUT2D eigenvalue weighted by Gasteiger charge is 2.23. The van der Waals surface area contributed by atoms with E-state index in [9.17, 15) is 0 Å². The molecule has 4 heteroatoms. The van der Waals surface area contributed by atoms with Crippen molar-refractivity contribution < 1.29 is 5.11 Å². The molecule has 17 heavy (non-hydrogen) atoms. The molecule has 1 aliphatic rings. The van der Waals surface area contributed by atoms with Gasteiger partial charge in [-0.1, -0.05) is 23.7 Å². The first-order valence-electron chi connectivity index (χ1n) is 5.99. The van der Waals surface area contributed by atoms with Crippen molar-refractivity contribution in [2.24, 2.45) is 0 Å². The summed E-state index contributed by atoms with van der Waals surface area (Å²) in [6, 6.07) is 8.62. The van der Waals surface area contributed by atoms with E-state index in [-0.39, 0.29) is 6.61 Å². The SMILES string of the molecule is OCCCN1CCSC[C@@H]1c1ccc(Cl)cc1. The minimum atomic E-state index is 0.275.